The first kappa shape index (κ1) is 25.3. The van der Waals surface area contributed by atoms with Crippen LogP contribution in [0, 0.1) is 0 Å². The molecule has 6 nitrogen and oxygen atoms in total. The van der Waals surface area contributed by atoms with Gasteiger partial charge in [0, 0.05) is 22.6 Å². The van der Waals surface area contributed by atoms with Gasteiger partial charge in [-0.25, -0.2) is 0 Å². The zero-order valence-electron chi connectivity index (χ0n) is 19.2. The van der Waals surface area contributed by atoms with Crippen LogP contribution in [0.1, 0.15) is 40.2 Å². The third kappa shape index (κ3) is 5.84. The first-order chi connectivity index (χ1) is 14.1. The summed E-state index contributed by atoms with van der Waals surface area (Å²) in [4.78, 5) is 27.9. The lowest BCUT2D eigenvalue weighted by Crippen LogP contribution is -2.52. The maximum absolute atomic E-state index is 13.3. The molecule has 0 saturated carbocycles. The van der Waals surface area contributed by atoms with E-state index in [1.807, 2.05) is 26.9 Å². The number of nitrogens with zero attached hydrogens (tertiary/aromatic N) is 1. The number of benzene rings is 1. The fraction of sp³-hybridized carbons (Fsp3) is 0.455. The number of nitrogens with one attached hydrogen (secondary N) is 2. The molecule has 0 saturated heterocycles. The quantitative estimate of drug-likeness (QED) is 0.548. The summed E-state index contributed by atoms with van der Waals surface area (Å²) in [6.07, 6.45) is 0. The molecule has 2 N–H and O–H groups in total. The largest absolute Gasteiger partial charge is 0.538 e. The molecule has 0 aromatic heterocycles. The molecule has 0 unspecified atom stereocenters. The average Bonchev–Trinajstić information content (AvgIpc) is 2.59. The standard InChI is InChI=1S/C22H31Cl2N3O3Si/c1-13(2)27-14(3)26-18(19(21(27)29)30-31(7,8)22(4,5)6)20(28)25-12-15-9-16(23)11-17(24)10-15/h9-11,13,26H,3,12H2,1-2,4-8H3,(H,25,28). The molecule has 0 fully saturated rings. The molecule has 0 bridgehead atoms. The van der Waals surface area contributed by atoms with Gasteiger partial charge in [0.25, 0.3) is 20.1 Å². The third-order valence-electron chi connectivity index (χ3n) is 5.48. The van der Waals surface area contributed by atoms with Gasteiger partial charge in [-0.1, -0.05) is 50.6 Å². The van der Waals surface area contributed by atoms with Crippen LogP contribution in [0.2, 0.25) is 28.2 Å². The van der Waals surface area contributed by atoms with E-state index in [1.165, 1.54) is 4.90 Å². The molecular weight excluding hydrogens is 453 g/mol. The fourth-order valence-electron chi connectivity index (χ4n) is 2.79. The highest BCUT2D eigenvalue weighted by molar-refractivity contribution is 6.74. The van der Waals surface area contributed by atoms with E-state index in [2.05, 4.69) is 38.0 Å². The zero-order valence-corrected chi connectivity index (χ0v) is 21.7. The number of halogens is 2. The van der Waals surface area contributed by atoms with Crippen LogP contribution in [-0.4, -0.2) is 31.1 Å². The Bertz CT molecular complexity index is 916. The van der Waals surface area contributed by atoms with Gasteiger partial charge in [0.1, 0.15) is 5.82 Å². The summed E-state index contributed by atoms with van der Waals surface area (Å²) in [6.45, 7) is 18.1. The molecule has 0 atom stereocenters. The number of amides is 2. The topological polar surface area (TPSA) is 70.7 Å². The Labute approximate surface area is 195 Å². The van der Waals surface area contributed by atoms with Gasteiger partial charge in [-0.15, -0.1) is 0 Å². The van der Waals surface area contributed by atoms with Gasteiger partial charge in [-0.2, -0.15) is 0 Å². The van der Waals surface area contributed by atoms with E-state index in [0.29, 0.717) is 15.9 Å². The highest BCUT2D eigenvalue weighted by Crippen LogP contribution is 2.39. The van der Waals surface area contributed by atoms with Gasteiger partial charge in [0.2, 0.25) is 5.76 Å². The SMILES string of the molecule is C=C1NC(C(=O)NCc2cc(Cl)cc(Cl)c2)=C(O[Si](C)(C)C(C)(C)C)C(=O)N1C(C)C. The Morgan fingerprint density at radius 3 is 2.26 bits per heavy atom. The number of carbonyl (C=O) groups excluding carboxylic acids is 2. The van der Waals surface area contributed by atoms with Gasteiger partial charge < -0.3 is 15.1 Å². The normalized spacial score (nSPS) is 15.4. The van der Waals surface area contributed by atoms with Crippen molar-refractivity contribution in [2.45, 2.75) is 65.3 Å². The second-order valence-electron chi connectivity index (χ2n) is 9.37. The highest BCUT2D eigenvalue weighted by Gasteiger charge is 2.44. The van der Waals surface area contributed by atoms with E-state index in [-0.39, 0.29) is 35.0 Å². The van der Waals surface area contributed by atoms with Crippen LogP contribution in [0.15, 0.2) is 42.1 Å². The first-order valence-electron chi connectivity index (χ1n) is 10.1. The Kier molecular flexibility index (Phi) is 7.56. The minimum absolute atomic E-state index is 0.0225. The Hall–Kier alpha value is -1.96. The second kappa shape index (κ2) is 9.26. The van der Waals surface area contributed by atoms with Crippen LogP contribution in [-0.2, 0) is 20.6 Å². The van der Waals surface area contributed by atoms with Crippen molar-refractivity contribution in [2.24, 2.45) is 0 Å². The molecular formula is C22H31Cl2N3O3Si. The second-order valence-corrected chi connectivity index (χ2v) is 15.0. The van der Waals surface area contributed by atoms with Gasteiger partial charge >= 0.3 is 0 Å². The maximum Gasteiger partial charge on any atom is 0.295 e. The first-order valence-corrected chi connectivity index (χ1v) is 13.8. The lowest BCUT2D eigenvalue weighted by molar-refractivity contribution is -0.131. The van der Waals surface area contributed by atoms with Crippen molar-refractivity contribution in [1.82, 2.24) is 15.5 Å². The lowest BCUT2D eigenvalue weighted by Gasteiger charge is -2.41. The molecule has 0 aliphatic carbocycles. The molecule has 1 aliphatic heterocycles. The number of hydrogen-bond acceptors (Lipinski definition) is 4. The van der Waals surface area contributed by atoms with E-state index in [0.717, 1.165) is 5.56 Å². The molecule has 9 heteroatoms. The Morgan fingerprint density at radius 1 is 1.23 bits per heavy atom. The summed E-state index contributed by atoms with van der Waals surface area (Å²) in [5.74, 6) is -0.491. The molecule has 170 valence electrons. The smallest absolute Gasteiger partial charge is 0.295 e. The lowest BCUT2D eigenvalue weighted by atomic mass is 10.2. The molecule has 1 aromatic rings. The van der Waals surface area contributed by atoms with Crippen molar-refractivity contribution < 1.29 is 14.0 Å². The van der Waals surface area contributed by atoms with Crippen molar-refractivity contribution in [3.05, 3.63) is 57.7 Å². The van der Waals surface area contributed by atoms with Crippen molar-refractivity contribution in [3.8, 4) is 0 Å². The summed E-state index contributed by atoms with van der Waals surface area (Å²) in [7, 11) is -2.40. The van der Waals surface area contributed by atoms with Crippen LogP contribution >= 0.6 is 23.2 Å². The highest BCUT2D eigenvalue weighted by atomic mass is 35.5. The van der Waals surface area contributed by atoms with E-state index in [1.54, 1.807) is 18.2 Å². The van der Waals surface area contributed by atoms with Crippen molar-refractivity contribution in [3.63, 3.8) is 0 Å². The minimum Gasteiger partial charge on any atom is -0.538 e. The van der Waals surface area contributed by atoms with E-state index < -0.39 is 14.2 Å². The van der Waals surface area contributed by atoms with Gasteiger partial charge in [-0.3, -0.25) is 14.5 Å². The Balaban J connectivity index is 2.41. The van der Waals surface area contributed by atoms with E-state index in [9.17, 15) is 9.59 Å². The van der Waals surface area contributed by atoms with Crippen LogP contribution in [0.3, 0.4) is 0 Å². The Morgan fingerprint density at radius 2 is 1.77 bits per heavy atom. The van der Waals surface area contributed by atoms with Gasteiger partial charge in [-0.05, 0) is 55.7 Å². The molecule has 2 rings (SSSR count). The molecule has 0 spiro atoms. The molecule has 1 heterocycles. The molecule has 0 radical (unpaired) electrons. The minimum atomic E-state index is -2.40. The van der Waals surface area contributed by atoms with Crippen molar-refractivity contribution in [2.75, 3.05) is 0 Å². The monoisotopic (exact) mass is 483 g/mol. The number of rotatable bonds is 6. The van der Waals surface area contributed by atoms with Crippen LogP contribution in [0.5, 0.6) is 0 Å². The van der Waals surface area contributed by atoms with Crippen molar-refractivity contribution in [1.29, 1.82) is 0 Å². The summed E-state index contributed by atoms with van der Waals surface area (Å²) in [5, 5.41) is 6.59. The van der Waals surface area contributed by atoms with Crippen molar-refractivity contribution >= 4 is 43.3 Å². The number of hydrogen-bond donors (Lipinski definition) is 2. The van der Waals surface area contributed by atoms with Gasteiger partial charge in [0.15, 0.2) is 5.70 Å². The summed E-state index contributed by atoms with van der Waals surface area (Å²) in [5.41, 5.74) is 0.799. The zero-order chi connectivity index (χ0) is 23.7. The summed E-state index contributed by atoms with van der Waals surface area (Å²) in [6, 6.07) is 4.90. The predicted octanol–water partition coefficient (Wildman–Crippen LogP) is 5.15. The molecule has 1 aliphatic rings. The van der Waals surface area contributed by atoms with Crippen LogP contribution in [0.4, 0.5) is 0 Å². The predicted molar refractivity (Wildman–Crippen MR) is 128 cm³/mol. The van der Waals surface area contributed by atoms with Gasteiger partial charge in [0.05, 0.1) is 0 Å². The van der Waals surface area contributed by atoms with Crippen LogP contribution in [0.25, 0.3) is 0 Å². The van der Waals surface area contributed by atoms with Crippen LogP contribution < -0.4 is 10.6 Å². The molecule has 2 amide bonds. The molecule has 1 aromatic carbocycles. The average molecular weight is 485 g/mol. The summed E-state index contributed by atoms with van der Waals surface area (Å²) >= 11 is 12.1. The fourth-order valence-corrected chi connectivity index (χ4v) is 4.37. The van der Waals surface area contributed by atoms with E-state index in [4.69, 9.17) is 27.6 Å². The molecule has 31 heavy (non-hydrogen) atoms. The summed E-state index contributed by atoms with van der Waals surface area (Å²) < 4.78 is 6.33. The maximum atomic E-state index is 13.3. The van der Waals surface area contributed by atoms with E-state index >= 15 is 0 Å². The number of carbonyl (C=O) groups is 2. The third-order valence-corrected chi connectivity index (χ3v) is 10.2.